The Bertz CT molecular complexity index is 1070. The SMILES string of the molecule is COCCOCCOCCO[C@H]1CSSC[C@@H]1OP1(=O)OC[C@H]2O[C@@H](n3ccc(=O)[nH]c3=O)[C@](C)(O)[C@@H]2O1. The maximum atomic E-state index is 13.5. The lowest BCUT2D eigenvalue weighted by Gasteiger charge is -2.38. The van der Waals surface area contributed by atoms with Crippen molar-refractivity contribution >= 4 is 29.4 Å². The molecule has 0 saturated carbocycles. The maximum Gasteiger partial charge on any atom is 0.475 e. The van der Waals surface area contributed by atoms with E-state index in [1.165, 1.54) is 13.1 Å². The zero-order valence-electron chi connectivity index (χ0n) is 21.1. The molecule has 0 radical (unpaired) electrons. The van der Waals surface area contributed by atoms with Crippen LogP contribution in [0.3, 0.4) is 0 Å². The first-order valence-corrected chi connectivity index (χ1v) is 16.0. The van der Waals surface area contributed by atoms with Crippen molar-refractivity contribution in [2.24, 2.45) is 0 Å². The van der Waals surface area contributed by atoms with Gasteiger partial charge < -0.3 is 28.8 Å². The van der Waals surface area contributed by atoms with Gasteiger partial charge in [-0.25, -0.2) is 9.36 Å². The summed E-state index contributed by atoms with van der Waals surface area (Å²) < 4.78 is 59.0. The monoisotopic (exact) mass is 600 g/mol. The van der Waals surface area contributed by atoms with Gasteiger partial charge in [0.15, 0.2) is 6.23 Å². The van der Waals surface area contributed by atoms with E-state index in [9.17, 15) is 19.3 Å². The molecular formula is C21H33N2O12PS2. The molecule has 3 aliphatic rings. The molecule has 0 aliphatic carbocycles. The molecule has 0 bridgehead atoms. The van der Waals surface area contributed by atoms with Gasteiger partial charge in [-0.15, -0.1) is 0 Å². The van der Waals surface area contributed by atoms with E-state index in [1.807, 2.05) is 0 Å². The number of hydrogen-bond acceptors (Lipinski definition) is 14. The first kappa shape index (κ1) is 30.2. The van der Waals surface area contributed by atoms with Gasteiger partial charge in [0.2, 0.25) is 0 Å². The number of H-pyrrole nitrogens is 1. The number of nitrogens with one attached hydrogen (secondary N) is 1. The third-order valence-electron chi connectivity index (χ3n) is 6.05. The first-order chi connectivity index (χ1) is 18.2. The van der Waals surface area contributed by atoms with Crippen molar-refractivity contribution in [3.8, 4) is 0 Å². The number of aromatic nitrogens is 2. The Morgan fingerprint density at radius 1 is 1.13 bits per heavy atom. The maximum absolute atomic E-state index is 13.5. The van der Waals surface area contributed by atoms with E-state index in [0.717, 1.165) is 10.6 Å². The molecule has 17 heteroatoms. The quantitative estimate of drug-likeness (QED) is 0.183. The van der Waals surface area contributed by atoms with Gasteiger partial charge in [0.25, 0.3) is 5.56 Å². The van der Waals surface area contributed by atoms with E-state index in [0.29, 0.717) is 51.1 Å². The van der Waals surface area contributed by atoms with E-state index in [-0.39, 0.29) is 12.7 Å². The molecule has 1 unspecified atom stereocenters. The fourth-order valence-corrected chi connectivity index (χ4v) is 8.34. The molecule has 216 valence electrons. The summed E-state index contributed by atoms with van der Waals surface area (Å²) in [5.74, 6) is 1.08. The molecule has 14 nitrogen and oxygen atoms in total. The summed E-state index contributed by atoms with van der Waals surface area (Å²) in [5.41, 5.74) is -3.13. The molecule has 0 amide bonds. The number of nitrogens with zero attached hydrogens (tertiary/aromatic N) is 1. The predicted octanol–water partition coefficient (Wildman–Crippen LogP) is 0.554. The Morgan fingerprint density at radius 2 is 1.82 bits per heavy atom. The third kappa shape index (κ3) is 7.50. The fraction of sp³-hybridized carbons (Fsp3) is 0.810. The van der Waals surface area contributed by atoms with E-state index in [2.05, 4.69) is 4.98 Å². The Balaban J connectivity index is 1.30. The van der Waals surface area contributed by atoms with Crippen molar-refractivity contribution in [2.45, 2.75) is 43.2 Å². The van der Waals surface area contributed by atoms with Crippen molar-refractivity contribution in [2.75, 3.05) is 64.9 Å². The van der Waals surface area contributed by atoms with Gasteiger partial charge in [-0.3, -0.25) is 27.9 Å². The Labute approximate surface area is 226 Å². The summed E-state index contributed by atoms with van der Waals surface area (Å²) in [5, 5.41) is 11.2. The largest absolute Gasteiger partial charge is 0.475 e. The van der Waals surface area contributed by atoms with E-state index in [4.69, 9.17) is 37.3 Å². The average Bonchev–Trinajstić information content (AvgIpc) is 3.13. The molecule has 2 N–H and O–H groups in total. The van der Waals surface area contributed by atoms with Crippen LogP contribution in [0.2, 0.25) is 0 Å². The zero-order chi connectivity index (χ0) is 27.2. The second-order valence-corrected chi connectivity index (χ2v) is 13.0. The average molecular weight is 601 g/mol. The molecule has 4 heterocycles. The Hall–Kier alpha value is -0.750. The number of aliphatic hydroxyl groups is 1. The van der Waals surface area contributed by atoms with Crippen LogP contribution in [0.4, 0.5) is 0 Å². The highest BCUT2D eigenvalue weighted by atomic mass is 33.1. The van der Waals surface area contributed by atoms with Gasteiger partial charge in [-0.2, -0.15) is 0 Å². The van der Waals surface area contributed by atoms with Crippen LogP contribution >= 0.6 is 29.4 Å². The number of aromatic amines is 1. The molecule has 3 fully saturated rings. The van der Waals surface area contributed by atoms with E-state index < -0.39 is 49.2 Å². The summed E-state index contributed by atoms with van der Waals surface area (Å²) in [4.78, 5) is 25.8. The number of ether oxygens (including phenoxy) is 5. The summed E-state index contributed by atoms with van der Waals surface area (Å²) in [6.45, 7) is 3.79. The Kier molecular flexibility index (Phi) is 10.9. The smallest absolute Gasteiger partial charge is 0.383 e. The number of rotatable bonds is 13. The molecule has 3 aliphatic heterocycles. The van der Waals surface area contributed by atoms with Crippen LogP contribution < -0.4 is 11.2 Å². The van der Waals surface area contributed by atoms with Gasteiger partial charge in [-0.05, 0) is 6.92 Å². The first-order valence-electron chi connectivity index (χ1n) is 12.0. The molecule has 0 spiro atoms. The molecule has 7 atom stereocenters. The van der Waals surface area contributed by atoms with E-state index in [1.54, 1.807) is 28.7 Å². The molecule has 4 rings (SSSR count). The van der Waals surface area contributed by atoms with Crippen LogP contribution in [0.15, 0.2) is 21.9 Å². The van der Waals surface area contributed by atoms with Gasteiger partial charge >= 0.3 is 13.5 Å². The second kappa shape index (κ2) is 13.7. The van der Waals surface area contributed by atoms with Crippen molar-refractivity contribution in [3.05, 3.63) is 33.1 Å². The van der Waals surface area contributed by atoms with Crippen molar-refractivity contribution in [3.63, 3.8) is 0 Å². The molecule has 0 aromatic carbocycles. The topological polar surface area (TPSA) is 166 Å². The van der Waals surface area contributed by atoms with Crippen molar-refractivity contribution in [1.82, 2.24) is 9.55 Å². The van der Waals surface area contributed by atoms with Crippen molar-refractivity contribution < 1.29 is 46.9 Å². The minimum absolute atomic E-state index is 0.187. The highest BCUT2D eigenvalue weighted by molar-refractivity contribution is 8.76. The summed E-state index contributed by atoms with van der Waals surface area (Å²) in [6, 6.07) is 1.13. The van der Waals surface area contributed by atoms with Gasteiger partial charge in [-0.1, -0.05) is 21.6 Å². The third-order valence-corrected chi connectivity index (χ3v) is 9.94. The fourth-order valence-electron chi connectivity index (χ4n) is 4.13. The molecule has 3 saturated heterocycles. The lowest BCUT2D eigenvalue weighted by atomic mass is 9.96. The highest BCUT2D eigenvalue weighted by Crippen LogP contribution is 2.60. The molecule has 38 heavy (non-hydrogen) atoms. The molecule has 1 aromatic rings. The minimum Gasteiger partial charge on any atom is -0.383 e. The zero-order valence-corrected chi connectivity index (χ0v) is 23.6. The van der Waals surface area contributed by atoms with Gasteiger partial charge in [0.1, 0.15) is 23.9 Å². The summed E-state index contributed by atoms with van der Waals surface area (Å²) in [7, 11) is 0.657. The van der Waals surface area contributed by atoms with Crippen molar-refractivity contribution in [1.29, 1.82) is 0 Å². The van der Waals surface area contributed by atoms with Crippen LogP contribution in [-0.2, 0) is 41.8 Å². The van der Waals surface area contributed by atoms with Crippen LogP contribution in [0.1, 0.15) is 13.2 Å². The number of methoxy groups -OCH3 is 1. The van der Waals surface area contributed by atoms with E-state index >= 15 is 0 Å². The minimum atomic E-state index is -4.12. The summed E-state index contributed by atoms with van der Waals surface area (Å²) >= 11 is 0. The summed E-state index contributed by atoms with van der Waals surface area (Å²) in [6.07, 6.45) is -2.91. The second-order valence-electron chi connectivity index (χ2n) is 8.88. The number of hydrogen-bond donors (Lipinski definition) is 2. The number of phosphoric acid groups is 1. The highest BCUT2D eigenvalue weighted by Gasteiger charge is 2.60. The van der Waals surface area contributed by atoms with Gasteiger partial charge in [0, 0.05) is 30.9 Å². The lowest BCUT2D eigenvalue weighted by Crippen LogP contribution is -2.49. The normalized spacial score (nSPS) is 35.3. The number of fused-ring (bicyclic) bond motifs is 1. The standard InChI is InChI=1S/C21H33N2O12PS2/c1-21(26)18-14(33-19(21)23-4-3-17(24)22-20(23)25)11-32-36(27,35-18)34-16-13-38-37-12-15(16)31-10-9-30-8-7-29-6-5-28-2/h3-4,14-16,18-19,26H,5-13H2,1-2H3,(H,22,24,25)/t14-,15+,16+,18-,19-,21-,36?/m1/s1. The van der Waals surface area contributed by atoms with Crippen LogP contribution in [0, 0.1) is 0 Å². The lowest BCUT2D eigenvalue weighted by molar-refractivity contribution is -0.0990. The molecular weight excluding hydrogens is 567 g/mol. The van der Waals surface area contributed by atoms with Crippen LogP contribution in [-0.4, -0.2) is 110 Å². The van der Waals surface area contributed by atoms with Crippen LogP contribution in [0.5, 0.6) is 0 Å². The van der Waals surface area contributed by atoms with Gasteiger partial charge in [0.05, 0.1) is 52.4 Å². The Morgan fingerprint density at radius 3 is 2.53 bits per heavy atom. The molecule has 1 aromatic heterocycles. The van der Waals surface area contributed by atoms with Crippen LogP contribution in [0.25, 0.3) is 0 Å². The predicted molar refractivity (Wildman–Crippen MR) is 137 cm³/mol. The number of phosphoric ester groups is 1.